The van der Waals surface area contributed by atoms with Gasteiger partial charge >= 0.3 is 0 Å². The molecule has 1 heterocycles. The number of sulfonamides is 1. The second-order valence-electron chi connectivity index (χ2n) is 5.79. The van der Waals surface area contributed by atoms with Crippen LogP contribution in [-0.2, 0) is 10.0 Å². The van der Waals surface area contributed by atoms with E-state index in [1.165, 1.54) is 16.4 Å². The van der Waals surface area contributed by atoms with Crippen LogP contribution in [-0.4, -0.2) is 26.6 Å². The van der Waals surface area contributed by atoms with Crippen molar-refractivity contribution in [3.05, 3.63) is 59.2 Å². The molecule has 0 atom stereocenters. The molecule has 0 unspecified atom stereocenters. The lowest BCUT2D eigenvalue weighted by atomic mass is 10.1. The van der Waals surface area contributed by atoms with Gasteiger partial charge in [-0.15, -0.1) is 0 Å². The number of carbonyl (C=O) groups is 1. The summed E-state index contributed by atoms with van der Waals surface area (Å²) in [5, 5.41) is 2.46. The molecule has 0 radical (unpaired) electrons. The Labute approximate surface area is 144 Å². The SMILES string of the molecule is Cc1ccc(N2CCCS2(=O)=O)cc1NC(=O)c1c(F)cccc1F. The number of anilines is 2. The molecule has 25 heavy (non-hydrogen) atoms. The van der Waals surface area contributed by atoms with E-state index in [2.05, 4.69) is 5.32 Å². The third kappa shape index (κ3) is 3.34. The van der Waals surface area contributed by atoms with Gasteiger partial charge in [0.05, 0.1) is 11.4 Å². The van der Waals surface area contributed by atoms with Gasteiger partial charge in [0.2, 0.25) is 10.0 Å². The summed E-state index contributed by atoms with van der Waals surface area (Å²) < 4.78 is 52.8. The Balaban J connectivity index is 1.93. The molecule has 0 saturated carbocycles. The normalized spacial score (nSPS) is 16.0. The van der Waals surface area contributed by atoms with Crippen molar-refractivity contribution in [3.63, 3.8) is 0 Å². The van der Waals surface area contributed by atoms with Gasteiger partial charge in [-0.1, -0.05) is 12.1 Å². The van der Waals surface area contributed by atoms with Crippen molar-refractivity contribution in [1.29, 1.82) is 0 Å². The number of hydrogen-bond donors (Lipinski definition) is 1. The lowest BCUT2D eigenvalue weighted by Gasteiger charge is -2.19. The van der Waals surface area contributed by atoms with Crippen LogP contribution in [0.15, 0.2) is 36.4 Å². The van der Waals surface area contributed by atoms with Crippen molar-refractivity contribution in [2.75, 3.05) is 21.9 Å². The van der Waals surface area contributed by atoms with Crippen LogP contribution in [0, 0.1) is 18.6 Å². The second-order valence-corrected chi connectivity index (χ2v) is 7.80. The molecule has 1 fully saturated rings. The Morgan fingerprint density at radius 3 is 2.44 bits per heavy atom. The van der Waals surface area contributed by atoms with E-state index in [9.17, 15) is 22.0 Å². The molecule has 0 spiro atoms. The van der Waals surface area contributed by atoms with E-state index in [1.807, 2.05) is 0 Å². The molecule has 1 amide bonds. The molecule has 2 aromatic carbocycles. The summed E-state index contributed by atoms with van der Waals surface area (Å²) in [6.07, 6.45) is 0.526. The van der Waals surface area contributed by atoms with Crippen molar-refractivity contribution >= 4 is 27.3 Å². The quantitative estimate of drug-likeness (QED) is 0.908. The van der Waals surface area contributed by atoms with Crippen LogP contribution in [0.1, 0.15) is 22.3 Å². The van der Waals surface area contributed by atoms with Crippen LogP contribution in [0.5, 0.6) is 0 Å². The lowest BCUT2D eigenvalue weighted by Crippen LogP contribution is -2.25. The third-order valence-corrected chi connectivity index (χ3v) is 5.92. The molecule has 0 aliphatic carbocycles. The predicted molar refractivity (Wildman–Crippen MR) is 91.2 cm³/mol. The predicted octanol–water partition coefficient (Wildman–Crippen LogP) is 3.07. The highest BCUT2D eigenvalue weighted by Crippen LogP contribution is 2.29. The number of nitrogens with one attached hydrogen (secondary N) is 1. The molecule has 2 aromatic rings. The highest BCUT2D eigenvalue weighted by molar-refractivity contribution is 7.93. The first-order chi connectivity index (χ1) is 11.8. The molecule has 132 valence electrons. The number of rotatable bonds is 3. The van der Waals surface area contributed by atoms with Crippen LogP contribution in [0.3, 0.4) is 0 Å². The molecule has 1 saturated heterocycles. The van der Waals surface area contributed by atoms with E-state index < -0.39 is 33.1 Å². The van der Waals surface area contributed by atoms with Crippen LogP contribution in [0.4, 0.5) is 20.2 Å². The Morgan fingerprint density at radius 2 is 1.84 bits per heavy atom. The molecule has 1 aliphatic rings. The average Bonchev–Trinajstić information content (AvgIpc) is 2.89. The molecular formula is C17H16F2N2O3S. The Morgan fingerprint density at radius 1 is 1.16 bits per heavy atom. The van der Waals surface area contributed by atoms with Crippen LogP contribution >= 0.6 is 0 Å². The maximum Gasteiger partial charge on any atom is 0.261 e. The number of amides is 1. The molecule has 3 rings (SSSR count). The standard InChI is InChI=1S/C17H16F2N2O3S/c1-11-6-7-12(21-8-3-9-25(21,23)24)10-15(11)20-17(22)16-13(18)4-2-5-14(16)19/h2,4-7,10H,3,8-9H2,1H3,(H,20,22). The molecule has 0 bridgehead atoms. The second kappa shape index (κ2) is 6.44. The van der Waals surface area contributed by atoms with Gasteiger partial charge in [-0.2, -0.15) is 0 Å². The van der Waals surface area contributed by atoms with Crippen molar-refractivity contribution < 1.29 is 22.0 Å². The van der Waals surface area contributed by atoms with Gasteiger partial charge in [0, 0.05) is 12.2 Å². The minimum atomic E-state index is -3.36. The van der Waals surface area contributed by atoms with Gasteiger partial charge in [-0.25, -0.2) is 17.2 Å². The summed E-state index contributed by atoms with van der Waals surface area (Å²) in [5.74, 6) is -2.79. The van der Waals surface area contributed by atoms with Gasteiger partial charge in [0.1, 0.15) is 17.2 Å². The summed E-state index contributed by atoms with van der Waals surface area (Å²) in [6, 6.07) is 7.95. The highest BCUT2D eigenvalue weighted by atomic mass is 32.2. The van der Waals surface area contributed by atoms with Gasteiger partial charge < -0.3 is 5.32 Å². The minimum Gasteiger partial charge on any atom is -0.321 e. The van der Waals surface area contributed by atoms with Crippen LogP contribution in [0.25, 0.3) is 0 Å². The first-order valence-electron chi connectivity index (χ1n) is 7.66. The number of nitrogens with zero attached hydrogens (tertiary/aromatic N) is 1. The first kappa shape index (κ1) is 17.3. The molecular weight excluding hydrogens is 350 g/mol. The molecule has 5 nitrogen and oxygen atoms in total. The zero-order valence-corrected chi connectivity index (χ0v) is 14.2. The fourth-order valence-electron chi connectivity index (χ4n) is 2.73. The van der Waals surface area contributed by atoms with E-state index in [-0.39, 0.29) is 5.75 Å². The van der Waals surface area contributed by atoms with Crippen molar-refractivity contribution in [1.82, 2.24) is 0 Å². The summed E-state index contributed by atoms with van der Waals surface area (Å²) in [4.78, 5) is 12.2. The average molecular weight is 366 g/mol. The van der Waals surface area contributed by atoms with Gasteiger partial charge in [0.15, 0.2) is 0 Å². The third-order valence-electron chi connectivity index (χ3n) is 4.05. The number of halogens is 2. The smallest absolute Gasteiger partial charge is 0.261 e. The Hall–Kier alpha value is -2.48. The fraction of sp³-hybridized carbons (Fsp3) is 0.235. The number of aryl methyl sites for hydroxylation is 1. The Bertz CT molecular complexity index is 925. The van der Waals surface area contributed by atoms with Gasteiger partial charge in [-0.05, 0) is 43.2 Å². The maximum absolute atomic E-state index is 13.7. The molecule has 0 aromatic heterocycles. The number of benzene rings is 2. The summed E-state index contributed by atoms with van der Waals surface area (Å²) in [5.41, 5.74) is 0.672. The summed E-state index contributed by atoms with van der Waals surface area (Å²) in [6.45, 7) is 2.07. The Kier molecular flexibility index (Phi) is 4.47. The van der Waals surface area contributed by atoms with Crippen molar-refractivity contribution in [2.45, 2.75) is 13.3 Å². The van der Waals surface area contributed by atoms with E-state index in [0.29, 0.717) is 29.9 Å². The monoisotopic (exact) mass is 366 g/mol. The van der Waals surface area contributed by atoms with E-state index in [0.717, 1.165) is 12.1 Å². The summed E-state index contributed by atoms with van der Waals surface area (Å²) >= 11 is 0. The topological polar surface area (TPSA) is 66.5 Å². The molecule has 1 aliphatic heterocycles. The minimum absolute atomic E-state index is 0.0724. The number of hydrogen-bond acceptors (Lipinski definition) is 3. The van der Waals surface area contributed by atoms with Crippen molar-refractivity contribution in [3.8, 4) is 0 Å². The van der Waals surface area contributed by atoms with Gasteiger partial charge in [0.25, 0.3) is 5.91 Å². The lowest BCUT2D eigenvalue weighted by molar-refractivity contribution is 0.101. The largest absolute Gasteiger partial charge is 0.321 e. The van der Waals surface area contributed by atoms with Crippen molar-refractivity contribution in [2.24, 2.45) is 0 Å². The van der Waals surface area contributed by atoms with Crippen LogP contribution in [0.2, 0.25) is 0 Å². The number of carbonyl (C=O) groups excluding carboxylic acids is 1. The summed E-state index contributed by atoms with van der Waals surface area (Å²) in [7, 11) is -3.36. The zero-order chi connectivity index (χ0) is 18.2. The van der Waals surface area contributed by atoms with Gasteiger partial charge in [-0.3, -0.25) is 9.10 Å². The van der Waals surface area contributed by atoms with Crippen LogP contribution < -0.4 is 9.62 Å². The fourth-order valence-corrected chi connectivity index (χ4v) is 4.29. The van der Waals surface area contributed by atoms with E-state index >= 15 is 0 Å². The highest BCUT2D eigenvalue weighted by Gasteiger charge is 2.29. The molecule has 1 N–H and O–H groups in total. The maximum atomic E-state index is 13.7. The van der Waals surface area contributed by atoms with E-state index in [1.54, 1.807) is 19.1 Å². The van der Waals surface area contributed by atoms with E-state index in [4.69, 9.17) is 0 Å². The first-order valence-corrected chi connectivity index (χ1v) is 9.27. The molecule has 8 heteroatoms. The zero-order valence-electron chi connectivity index (χ0n) is 13.4.